The second-order valence-electron chi connectivity index (χ2n) is 2.34. The summed E-state index contributed by atoms with van der Waals surface area (Å²) in [6.45, 7) is 5.70. The minimum absolute atomic E-state index is 0.884. The first-order chi connectivity index (χ1) is 5.88. The molecule has 1 aromatic heterocycles. The average molecular weight is 160 g/mol. The minimum Gasteiger partial charge on any atom is -0.253 e. The number of aromatic nitrogens is 2. The quantitative estimate of drug-likeness (QED) is 0.634. The molecular formula is C10H12N2. The Kier molecular flexibility index (Phi) is 3.20. The fourth-order valence-electron chi connectivity index (χ4n) is 0.950. The standard InChI is InChI=1S/C10H12N2/c1-3-5-9-10(6-4-2)12-8-7-11-9/h3,5-8H,1,4H2,2H3/b9-5+,10-6+. The fourth-order valence-corrected chi connectivity index (χ4v) is 0.950. The van der Waals surface area contributed by atoms with Gasteiger partial charge in [-0.05, 0) is 12.5 Å². The third-order valence-corrected chi connectivity index (χ3v) is 1.43. The highest BCUT2D eigenvalue weighted by molar-refractivity contribution is 5.33. The van der Waals surface area contributed by atoms with Crippen LogP contribution in [0.4, 0.5) is 0 Å². The van der Waals surface area contributed by atoms with Gasteiger partial charge in [-0.3, -0.25) is 9.97 Å². The summed E-state index contributed by atoms with van der Waals surface area (Å²) in [5, 5.41) is 1.81. The van der Waals surface area contributed by atoms with E-state index < -0.39 is 0 Å². The van der Waals surface area contributed by atoms with Gasteiger partial charge in [-0.25, -0.2) is 0 Å². The lowest BCUT2D eigenvalue weighted by molar-refractivity contribution is 1.08. The summed E-state index contributed by atoms with van der Waals surface area (Å²) in [5.41, 5.74) is 0. The van der Waals surface area contributed by atoms with E-state index in [0.717, 1.165) is 17.1 Å². The summed E-state index contributed by atoms with van der Waals surface area (Å²) in [7, 11) is 0. The molecule has 12 heavy (non-hydrogen) atoms. The van der Waals surface area contributed by atoms with Crippen molar-refractivity contribution in [3.63, 3.8) is 0 Å². The van der Waals surface area contributed by atoms with Crippen LogP contribution in [0.2, 0.25) is 0 Å². The first-order valence-corrected chi connectivity index (χ1v) is 3.98. The topological polar surface area (TPSA) is 25.8 Å². The Labute approximate surface area is 72.0 Å². The molecule has 1 heterocycles. The number of hydrogen-bond donors (Lipinski definition) is 0. The van der Waals surface area contributed by atoms with E-state index in [1.54, 1.807) is 18.5 Å². The zero-order valence-electron chi connectivity index (χ0n) is 7.20. The molecule has 0 bridgehead atoms. The van der Waals surface area contributed by atoms with E-state index >= 15 is 0 Å². The van der Waals surface area contributed by atoms with E-state index in [4.69, 9.17) is 0 Å². The molecule has 0 unspecified atom stereocenters. The average Bonchev–Trinajstić information content (AvgIpc) is 2.09. The second-order valence-corrected chi connectivity index (χ2v) is 2.34. The minimum atomic E-state index is 0.884. The zero-order valence-corrected chi connectivity index (χ0v) is 7.20. The molecular weight excluding hydrogens is 148 g/mol. The van der Waals surface area contributed by atoms with Crippen LogP contribution in [0.3, 0.4) is 0 Å². The lowest BCUT2D eigenvalue weighted by Crippen LogP contribution is -2.30. The Morgan fingerprint density at radius 1 is 1.33 bits per heavy atom. The van der Waals surface area contributed by atoms with E-state index in [9.17, 15) is 0 Å². The van der Waals surface area contributed by atoms with Crippen LogP contribution in [0.25, 0.3) is 12.2 Å². The maximum absolute atomic E-state index is 4.19. The van der Waals surface area contributed by atoms with Gasteiger partial charge in [0.05, 0.1) is 10.7 Å². The van der Waals surface area contributed by atoms with Crippen molar-refractivity contribution in [1.82, 2.24) is 9.97 Å². The van der Waals surface area contributed by atoms with Gasteiger partial charge in [-0.15, -0.1) is 0 Å². The SMILES string of the molecule is C=C/C=c1/nccn/c1=C/CC. The second kappa shape index (κ2) is 4.44. The molecule has 0 saturated carbocycles. The summed E-state index contributed by atoms with van der Waals surface area (Å²) in [4.78, 5) is 8.36. The van der Waals surface area contributed by atoms with E-state index in [1.165, 1.54) is 0 Å². The van der Waals surface area contributed by atoms with E-state index in [1.807, 2.05) is 12.2 Å². The fraction of sp³-hybridized carbons (Fsp3) is 0.200. The van der Waals surface area contributed by atoms with Gasteiger partial charge >= 0.3 is 0 Å². The predicted molar refractivity (Wildman–Crippen MR) is 50.7 cm³/mol. The molecule has 0 atom stereocenters. The van der Waals surface area contributed by atoms with Crippen LogP contribution in [0.5, 0.6) is 0 Å². The van der Waals surface area contributed by atoms with Gasteiger partial charge < -0.3 is 0 Å². The number of allylic oxidation sites excluding steroid dienone is 1. The molecule has 0 N–H and O–H groups in total. The Morgan fingerprint density at radius 3 is 2.58 bits per heavy atom. The predicted octanol–water partition coefficient (Wildman–Crippen LogP) is 0.634. The van der Waals surface area contributed by atoms with Crippen molar-refractivity contribution in [1.29, 1.82) is 0 Å². The Morgan fingerprint density at radius 2 is 2.00 bits per heavy atom. The first kappa shape index (κ1) is 8.65. The molecule has 62 valence electrons. The van der Waals surface area contributed by atoms with E-state index in [0.29, 0.717) is 0 Å². The molecule has 0 spiro atoms. The van der Waals surface area contributed by atoms with Gasteiger partial charge in [0.25, 0.3) is 0 Å². The van der Waals surface area contributed by atoms with Crippen LogP contribution in [0.15, 0.2) is 25.0 Å². The Balaban J connectivity index is 3.37. The van der Waals surface area contributed by atoms with Gasteiger partial charge in [0.2, 0.25) is 0 Å². The first-order valence-electron chi connectivity index (χ1n) is 3.98. The van der Waals surface area contributed by atoms with Crippen LogP contribution in [0.1, 0.15) is 13.3 Å². The third kappa shape index (κ3) is 2.02. The van der Waals surface area contributed by atoms with Crippen molar-refractivity contribution in [2.45, 2.75) is 13.3 Å². The third-order valence-electron chi connectivity index (χ3n) is 1.43. The van der Waals surface area contributed by atoms with Gasteiger partial charge in [-0.1, -0.05) is 25.7 Å². The molecule has 0 aromatic carbocycles. The van der Waals surface area contributed by atoms with Crippen molar-refractivity contribution >= 4 is 12.2 Å². The number of nitrogens with zero attached hydrogens (tertiary/aromatic N) is 2. The van der Waals surface area contributed by atoms with Crippen LogP contribution in [-0.4, -0.2) is 9.97 Å². The molecule has 0 saturated heterocycles. The molecule has 0 aliphatic heterocycles. The normalized spacial score (nSPS) is 13.4. The molecule has 0 aliphatic rings. The summed E-state index contributed by atoms with van der Waals surface area (Å²) < 4.78 is 0. The lowest BCUT2D eigenvalue weighted by Gasteiger charge is -1.86. The summed E-state index contributed by atoms with van der Waals surface area (Å²) >= 11 is 0. The van der Waals surface area contributed by atoms with E-state index in [2.05, 4.69) is 23.5 Å². The number of hydrogen-bond acceptors (Lipinski definition) is 2. The van der Waals surface area contributed by atoms with Gasteiger partial charge in [0.1, 0.15) is 0 Å². The number of rotatable bonds is 2. The van der Waals surface area contributed by atoms with Crippen molar-refractivity contribution in [2.24, 2.45) is 0 Å². The molecule has 0 fully saturated rings. The molecule has 0 aliphatic carbocycles. The maximum atomic E-state index is 4.19. The van der Waals surface area contributed by atoms with Crippen LogP contribution in [0, 0.1) is 0 Å². The van der Waals surface area contributed by atoms with Crippen molar-refractivity contribution < 1.29 is 0 Å². The Bertz CT molecular complexity index is 366. The van der Waals surface area contributed by atoms with Gasteiger partial charge in [0, 0.05) is 12.4 Å². The summed E-state index contributed by atoms with van der Waals surface area (Å²) in [6.07, 6.45) is 9.97. The van der Waals surface area contributed by atoms with Crippen LogP contribution in [-0.2, 0) is 0 Å². The highest BCUT2D eigenvalue weighted by Gasteiger charge is 1.82. The maximum Gasteiger partial charge on any atom is 0.0883 e. The molecule has 0 amide bonds. The largest absolute Gasteiger partial charge is 0.253 e. The van der Waals surface area contributed by atoms with Crippen molar-refractivity contribution in [2.75, 3.05) is 0 Å². The van der Waals surface area contributed by atoms with Gasteiger partial charge in [-0.2, -0.15) is 0 Å². The Hall–Kier alpha value is -1.44. The lowest BCUT2D eigenvalue weighted by atomic mass is 10.3. The molecule has 2 nitrogen and oxygen atoms in total. The van der Waals surface area contributed by atoms with Crippen molar-refractivity contribution in [3.8, 4) is 0 Å². The molecule has 1 rings (SSSR count). The molecule has 0 radical (unpaired) electrons. The molecule has 1 aromatic rings. The highest BCUT2D eigenvalue weighted by atomic mass is 14.7. The summed E-state index contributed by atoms with van der Waals surface area (Å²) in [6, 6.07) is 0. The van der Waals surface area contributed by atoms with Crippen molar-refractivity contribution in [3.05, 3.63) is 35.7 Å². The summed E-state index contributed by atoms with van der Waals surface area (Å²) in [5.74, 6) is 0. The van der Waals surface area contributed by atoms with Crippen LogP contribution < -0.4 is 10.7 Å². The van der Waals surface area contributed by atoms with E-state index in [-0.39, 0.29) is 0 Å². The monoisotopic (exact) mass is 160 g/mol. The molecule has 2 heteroatoms. The smallest absolute Gasteiger partial charge is 0.0883 e. The van der Waals surface area contributed by atoms with Gasteiger partial charge in [0.15, 0.2) is 0 Å². The zero-order chi connectivity index (χ0) is 8.81. The highest BCUT2D eigenvalue weighted by Crippen LogP contribution is 1.72. The van der Waals surface area contributed by atoms with Crippen LogP contribution >= 0.6 is 0 Å².